The molecule has 0 bridgehead atoms. The van der Waals surface area contributed by atoms with Gasteiger partial charge in [0.2, 0.25) is 5.88 Å². The van der Waals surface area contributed by atoms with Crippen LogP contribution in [0.15, 0.2) is 29.0 Å². The van der Waals surface area contributed by atoms with E-state index in [9.17, 15) is 0 Å². The molecule has 3 aromatic rings. The van der Waals surface area contributed by atoms with Crippen molar-refractivity contribution < 1.29 is 14.2 Å². The second-order valence-corrected chi connectivity index (χ2v) is 22.5. The van der Waals surface area contributed by atoms with Crippen molar-refractivity contribution in [2.45, 2.75) is 58.1 Å². The van der Waals surface area contributed by atoms with Crippen LogP contribution >= 0.6 is 15.9 Å². The van der Waals surface area contributed by atoms with Gasteiger partial charge in [-0.15, -0.1) is 0 Å². The van der Waals surface area contributed by atoms with E-state index in [4.69, 9.17) is 14.2 Å². The number of nitrogens with zero attached hydrogens (tertiary/aromatic N) is 3. The highest BCUT2D eigenvalue weighted by atomic mass is 79.9. The fraction of sp³-hybridized carbons (Fsp3) is 0.545. The SMILES string of the molecule is C[Si](C)(C)CCOCOc1ncnc2c1c1ccc(Br)cc1n2COCC[Si](C)(C)C. The maximum absolute atomic E-state index is 6.06. The topological polar surface area (TPSA) is 58.4 Å². The van der Waals surface area contributed by atoms with Gasteiger partial charge in [-0.25, -0.2) is 9.97 Å². The first-order valence-corrected chi connectivity index (χ1v) is 19.0. The molecule has 0 fully saturated rings. The molecule has 0 saturated carbocycles. The number of halogens is 1. The molecule has 0 radical (unpaired) electrons. The first kappa shape index (κ1) is 24.4. The molecule has 0 spiro atoms. The van der Waals surface area contributed by atoms with Crippen molar-refractivity contribution in [2.75, 3.05) is 20.0 Å². The van der Waals surface area contributed by atoms with Gasteiger partial charge < -0.3 is 18.8 Å². The van der Waals surface area contributed by atoms with E-state index >= 15 is 0 Å². The van der Waals surface area contributed by atoms with Crippen molar-refractivity contribution in [1.82, 2.24) is 14.5 Å². The molecule has 0 atom stereocenters. The van der Waals surface area contributed by atoms with Crippen LogP contribution in [0.2, 0.25) is 51.4 Å². The van der Waals surface area contributed by atoms with E-state index in [1.165, 1.54) is 0 Å². The van der Waals surface area contributed by atoms with Gasteiger partial charge >= 0.3 is 0 Å². The van der Waals surface area contributed by atoms with Crippen LogP contribution in [-0.2, 0) is 16.2 Å². The van der Waals surface area contributed by atoms with Crippen molar-refractivity contribution >= 4 is 54.0 Å². The second kappa shape index (κ2) is 10.1. The van der Waals surface area contributed by atoms with Gasteiger partial charge in [0.05, 0.1) is 10.9 Å². The minimum atomic E-state index is -1.14. The average molecular weight is 525 g/mol. The standard InChI is InChI=1S/C22H34BrN3O3Si2/c1-30(2,3)11-9-27-15-26-19-13-17(23)7-8-18(19)20-21(26)24-14-25-22(20)29-16-28-10-12-31(4,5)6/h7-8,13-14H,9-12,15-16H2,1-6H3. The fourth-order valence-corrected chi connectivity index (χ4v) is 5.03. The summed E-state index contributed by atoms with van der Waals surface area (Å²) < 4.78 is 20.8. The normalized spacial score (nSPS) is 12.7. The summed E-state index contributed by atoms with van der Waals surface area (Å²) in [6.45, 7) is 16.2. The summed E-state index contributed by atoms with van der Waals surface area (Å²) in [5, 5.41) is 1.94. The molecule has 2 aromatic heterocycles. The van der Waals surface area contributed by atoms with Gasteiger partial charge in [-0.3, -0.25) is 0 Å². The predicted molar refractivity (Wildman–Crippen MR) is 136 cm³/mol. The highest BCUT2D eigenvalue weighted by Crippen LogP contribution is 2.34. The highest BCUT2D eigenvalue weighted by Gasteiger charge is 2.19. The Morgan fingerprint density at radius 1 is 0.935 bits per heavy atom. The zero-order valence-corrected chi connectivity index (χ0v) is 23.1. The van der Waals surface area contributed by atoms with Crippen LogP contribution in [0.4, 0.5) is 0 Å². The molecule has 0 amide bonds. The highest BCUT2D eigenvalue weighted by molar-refractivity contribution is 9.10. The number of hydrogen-bond donors (Lipinski definition) is 0. The summed E-state index contributed by atoms with van der Waals surface area (Å²) in [5.41, 5.74) is 1.86. The number of ether oxygens (including phenoxy) is 3. The summed E-state index contributed by atoms with van der Waals surface area (Å²) >= 11 is 3.59. The number of aromatic nitrogens is 3. The van der Waals surface area contributed by atoms with Gasteiger partial charge in [-0.05, 0) is 24.2 Å². The number of fused-ring (bicyclic) bond motifs is 3. The van der Waals surface area contributed by atoms with E-state index in [1.807, 2.05) is 6.07 Å². The lowest BCUT2D eigenvalue weighted by molar-refractivity contribution is 0.0203. The fourth-order valence-electron chi connectivity index (χ4n) is 3.16. The molecule has 0 saturated heterocycles. The van der Waals surface area contributed by atoms with E-state index in [0.29, 0.717) is 19.2 Å². The summed E-state index contributed by atoms with van der Waals surface area (Å²) in [6.07, 6.45) is 1.55. The smallest absolute Gasteiger partial charge is 0.228 e. The molecular weight excluding hydrogens is 490 g/mol. The Balaban J connectivity index is 1.83. The van der Waals surface area contributed by atoms with E-state index in [1.54, 1.807) is 6.33 Å². The largest absolute Gasteiger partial charge is 0.450 e. The Hall–Kier alpha value is -1.27. The third-order valence-electron chi connectivity index (χ3n) is 5.06. The Morgan fingerprint density at radius 3 is 2.29 bits per heavy atom. The van der Waals surface area contributed by atoms with Crippen LogP contribution in [0.5, 0.6) is 5.88 Å². The maximum atomic E-state index is 6.06. The first-order valence-electron chi connectivity index (χ1n) is 10.8. The summed E-state index contributed by atoms with van der Waals surface area (Å²) in [4.78, 5) is 8.97. The van der Waals surface area contributed by atoms with Gasteiger partial charge in [0, 0.05) is 39.2 Å². The average Bonchev–Trinajstić information content (AvgIpc) is 2.97. The summed E-state index contributed by atoms with van der Waals surface area (Å²) in [5.74, 6) is 0.547. The molecule has 31 heavy (non-hydrogen) atoms. The Morgan fingerprint density at radius 2 is 1.61 bits per heavy atom. The van der Waals surface area contributed by atoms with Crippen LogP contribution < -0.4 is 4.74 Å². The van der Waals surface area contributed by atoms with Crippen molar-refractivity contribution in [3.05, 3.63) is 29.0 Å². The lowest BCUT2D eigenvalue weighted by Gasteiger charge is -2.16. The molecule has 1 aromatic carbocycles. The molecule has 9 heteroatoms. The lowest BCUT2D eigenvalue weighted by Crippen LogP contribution is -2.22. The number of hydrogen-bond acceptors (Lipinski definition) is 5. The zero-order valence-electron chi connectivity index (χ0n) is 19.5. The van der Waals surface area contributed by atoms with Gasteiger partial charge in [-0.1, -0.05) is 61.3 Å². The molecule has 0 N–H and O–H groups in total. The molecule has 0 unspecified atom stereocenters. The van der Waals surface area contributed by atoms with Crippen molar-refractivity contribution in [3.63, 3.8) is 0 Å². The van der Waals surface area contributed by atoms with E-state index in [-0.39, 0.29) is 6.79 Å². The number of benzene rings is 1. The van der Waals surface area contributed by atoms with Gasteiger partial charge in [-0.2, -0.15) is 0 Å². The summed E-state index contributed by atoms with van der Waals surface area (Å²) in [6, 6.07) is 8.43. The van der Waals surface area contributed by atoms with Gasteiger partial charge in [0.25, 0.3) is 0 Å². The summed E-state index contributed by atoms with van der Waals surface area (Å²) in [7, 11) is -2.26. The zero-order chi connectivity index (χ0) is 22.6. The van der Waals surface area contributed by atoms with Crippen LogP contribution in [0.1, 0.15) is 0 Å². The van der Waals surface area contributed by atoms with Crippen LogP contribution in [-0.4, -0.2) is 50.7 Å². The molecule has 0 aliphatic heterocycles. The lowest BCUT2D eigenvalue weighted by atomic mass is 10.2. The Kier molecular flexibility index (Phi) is 7.96. The molecule has 3 rings (SSSR count). The third kappa shape index (κ3) is 6.85. The minimum Gasteiger partial charge on any atom is -0.450 e. The van der Waals surface area contributed by atoms with E-state index < -0.39 is 16.1 Å². The first-order chi connectivity index (χ1) is 14.6. The monoisotopic (exact) mass is 523 g/mol. The van der Waals surface area contributed by atoms with Crippen LogP contribution in [0.25, 0.3) is 21.9 Å². The molecule has 170 valence electrons. The van der Waals surface area contributed by atoms with Crippen LogP contribution in [0, 0.1) is 0 Å². The third-order valence-corrected chi connectivity index (χ3v) is 8.96. The van der Waals surface area contributed by atoms with E-state index in [0.717, 1.165) is 45.1 Å². The Labute approximate surface area is 195 Å². The quantitative estimate of drug-likeness (QED) is 0.166. The molecule has 0 aliphatic rings. The maximum Gasteiger partial charge on any atom is 0.228 e. The molecule has 6 nitrogen and oxygen atoms in total. The molecular formula is C22H34BrN3O3Si2. The molecule has 0 aliphatic carbocycles. The van der Waals surface area contributed by atoms with Crippen molar-refractivity contribution in [3.8, 4) is 5.88 Å². The predicted octanol–water partition coefficient (Wildman–Crippen LogP) is 6.35. The van der Waals surface area contributed by atoms with Gasteiger partial charge in [0.1, 0.15) is 18.7 Å². The van der Waals surface area contributed by atoms with Gasteiger partial charge in [0.15, 0.2) is 6.79 Å². The van der Waals surface area contributed by atoms with Crippen molar-refractivity contribution in [1.29, 1.82) is 0 Å². The number of rotatable bonds is 11. The van der Waals surface area contributed by atoms with Crippen LogP contribution in [0.3, 0.4) is 0 Å². The minimum absolute atomic E-state index is 0.187. The Bertz CT molecular complexity index is 1030. The second-order valence-electron chi connectivity index (χ2n) is 10.3. The van der Waals surface area contributed by atoms with Crippen molar-refractivity contribution in [2.24, 2.45) is 0 Å². The molecule has 2 heterocycles. The van der Waals surface area contributed by atoms with E-state index in [2.05, 4.69) is 81.9 Å².